The zero-order chi connectivity index (χ0) is 18.1. The number of hydrogen-bond acceptors (Lipinski definition) is 3. The Hall–Kier alpha value is -2.69. The Kier molecular flexibility index (Phi) is 4.45. The summed E-state index contributed by atoms with van der Waals surface area (Å²) in [5.74, 6) is -1.72. The minimum Gasteiger partial charge on any atom is -0.481 e. The minimum atomic E-state index is -0.896. The molecule has 0 radical (unpaired) electrons. The smallest absolute Gasteiger partial charge is 0.313 e. The molecule has 1 aromatic carbocycles. The molecule has 5 heteroatoms. The van der Waals surface area contributed by atoms with Crippen molar-refractivity contribution in [3.05, 3.63) is 65.5 Å². The van der Waals surface area contributed by atoms with Gasteiger partial charge in [-0.2, -0.15) is 0 Å². The molecular formula is C21H22N2O3. The van der Waals surface area contributed by atoms with Crippen molar-refractivity contribution in [2.75, 3.05) is 0 Å². The van der Waals surface area contributed by atoms with Crippen LogP contribution in [0.25, 0.3) is 0 Å². The van der Waals surface area contributed by atoms with Gasteiger partial charge in [-0.15, -0.1) is 0 Å². The van der Waals surface area contributed by atoms with E-state index in [0.717, 1.165) is 31.2 Å². The highest BCUT2D eigenvalue weighted by Crippen LogP contribution is 2.45. The summed E-state index contributed by atoms with van der Waals surface area (Å²) in [5, 5.41) is 10.1. The van der Waals surface area contributed by atoms with Gasteiger partial charge < -0.3 is 10.0 Å². The molecule has 1 fully saturated rings. The summed E-state index contributed by atoms with van der Waals surface area (Å²) in [7, 11) is 0. The van der Waals surface area contributed by atoms with Crippen LogP contribution in [0.3, 0.4) is 0 Å². The van der Waals surface area contributed by atoms with E-state index in [0.29, 0.717) is 11.1 Å². The number of pyridine rings is 1. The number of benzene rings is 1. The Bertz CT molecular complexity index is 815. The van der Waals surface area contributed by atoms with Gasteiger partial charge in [0.2, 0.25) is 0 Å². The first-order valence-electron chi connectivity index (χ1n) is 9.23. The van der Waals surface area contributed by atoms with Gasteiger partial charge in [-0.25, -0.2) is 0 Å². The summed E-state index contributed by atoms with van der Waals surface area (Å²) in [6, 6.07) is 10.4. The number of amides is 1. The molecule has 2 aliphatic rings. The van der Waals surface area contributed by atoms with Crippen molar-refractivity contribution in [2.45, 2.75) is 50.1 Å². The van der Waals surface area contributed by atoms with Gasteiger partial charge in [-0.05, 0) is 42.2 Å². The topological polar surface area (TPSA) is 70.5 Å². The molecule has 2 aromatic rings. The lowest BCUT2D eigenvalue weighted by molar-refractivity contribution is -0.141. The number of aliphatic carboxylic acids is 1. The number of nitrogens with zero attached hydrogens (tertiary/aromatic N) is 2. The molecule has 1 N–H and O–H groups in total. The van der Waals surface area contributed by atoms with Gasteiger partial charge in [0.15, 0.2) is 0 Å². The first-order chi connectivity index (χ1) is 12.7. The minimum absolute atomic E-state index is 0.0492. The lowest BCUT2D eigenvalue weighted by Crippen LogP contribution is -2.50. The fraction of sp³-hybridized carbons (Fsp3) is 0.381. The summed E-state index contributed by atoms with van der Waals surface area (Å²) in [4.78, 5) is 31.6. The Morgan fingerprint density at radius 1 is 1.04 bits per heavy atom. The Morgan fingerprint density at radius 2 is 1.73 bits per heavy atom. The number of rotatable bonds is 3. The number of fused-ring (bicyclic) bond motifs is 1. The molecule has 1 aliphatic carbocycles. The third kappa shape index (κ3) is 2.77. The second kappa shape index (κ2) is 6.90. The van der Waals surface area contributed by atoms with Gasteiger partial charge in [0.1, 0.15) is 5.92 Å². The maximum Gasteiger partial charge on any atom is 0.313 e. The van der Waals surface area contributed by atoms with Crippen molar-refractivity contribution in [1.82, 2.24) is 9.88 Å². The third-order valence-corrected chi connectivity index (χ3v) is 5.66. The van der Waals surface area contributed by atoms with E-state index in [9.17, 15) is 14.7 Å². The third-order valence-electron chi connectivity index (χ3n) is 5.66. The predicted octanol–water partition coefficient (Wildman–Crippen LogP) is 3.78. The van der Waals surface area contributed by atoms with Crippen molar-refractivity contribution in [3.63, 3.8) is 0 Å². The zero-order valence-corrected chi connectivity index (χ0v) is 14.5. The van der Waals surface area contributed by atoms with Crippen LogP contribution < -0.4 is 0 Å². The van der Waals surface area contributed by atoms with Crippen molar-refractivity contribution >= 4 is 11.9 Å². The molecular weight excluding hydrogens is 328 g/mol. The van der Waals surface area contributed by atoms with Crippen LogP contribution >= 0.6 is 0 Å². The molecule has 0 saturated heterocycles. The zero-order valence-electron chi connectivity index (χ0n) is 14.5. The number of carbonyl (C=O) groups excluding carboxylic acids is 1. The number of carboxylic acids is 1. The Balaban J connectivity index is 1.89. The number of carbonyl (C=O) groups is 2. The van der Waals surface area contributed by atoms with Gasteiger partial charge in [0.05, 0.1) is 6.04 Å². The fourth-order valence-corrected chi connectivity index (χ4v) is 4.49. The highest BCUT2D eigenvalue weighted by Gasteiger charge is 2.46. The lowest BCUT2D eigenvalue weighted by Gasteiger charge is -2.46. The highest BCUT2D eigenvalue weighted by atomic mass is 16.4. The average Bonchev–Trinajstić information content (AvgIpc) is 2.69. The SMILES string of the molecule is O=C(O)C1c2ccccc2C(=O)N(C2CCCCC2)C1c1ccncc1. The van der Waals surface area contributed by atoms with Gasteiger partial charge in [-0.3, -0.25) is 14.6 Å². The van der Waals surface area contributed by atoms with Crippen LogP contribution in [0, 0.1) is 0 Å². The molecule has 5 nitrogen and oxygen atoms in total. The first-order valence-corrected chi connectivity index (χ1v) is 9.23. The molecule has 1 saturated carbocycles. The van der Waals surface area contributed by atoms with Crippen LogP contribution in [-0.4, -0.2) is 32.9 Å². The van der Waals surface area contributed by atoms with Crippen LogP contribution in [0.2, 0.25) is 0 Å². The van der Waals surface area contributed by atoms with Crippen LogP contribution in [-0.2, 0) is 4.79 Å². The van der Waals surface area contributed by atoms with Gasteiger partial charge in [0.25, 0.3) is 5.91 Å². The van der Waals surface area contributed by atoms with Gasteiger partial charge >= 0.3 is 5.97 Å². The van der Waals surface area contributed by atoms with E-state index in [1.54, 1.807) is 24.5 Å². The lowest BCUT2D eigenvalue weighted by atomic mass is 9.78. The number of carboxylic acid groups (broad SMARTS) is 1. The standard InChI is InChI=1S/C21H22N2O3/c24-20-17-9-5-4-8-16(17)18(21(25)26)19(14-10-12-22-13-11-14)23(20)15-6-2-1-3-7-15/h4-5,8-13,15,18-19H,1-3,6-7H2,(H,25,26). The van der Waals surface area contributed by atoms with Gasteiger partial charge in [-0.1, -0.05) is 37.5 Å². The Morgan fingerprint density at radius 3 is 2.42 bits per heavy atom. The summed E-state index contributed by atoms with van der Waals surface area (Å²) < 4.78 is 0. The fourth-order valence-electron chi connectivity index (χ4n) is 4.49. The van der Waals surface area contributed by atoms with E-state index in [-0.39, 0.29) is 11.9 Å². The molecule has 1 aromatic heterocycles. The molecule has 2 heterocycles. The van der Waals surface area contributed by atoms with E-state index in [4.69, 9.17) is 0 Å². The van der Waals surface area contributed by atoms with Gasteiger partial charge in [0, 0.05) is 24.0 Å². The Labute approximate surface area is 152 Å². The molecule has 0 bridgehead atoms. The largest absolute Gasteiger partial charge is 0.481 e. The summed E-state index contributed by atoms with van der Waals surface area (Å²) in [6.45, 7) is 0. The van der Waals surface area contributed by atoms with Crippen molar-refractivity contribution in [2.24, 2.45) is 0 Å². The van der Waals surface area contributed by atoms with Crippen molar-refractivity contribution in [1.29, 1.82) is 0 Å². The first kappa shape index (κ1) is 16.8. The molecule has 1 aliphatic heterocycles. The molecule has 2 unspecified atom stereocenters. The van der Waals surface area contributed by atoms with Crippen molar-refractivity contribution < 1.29 is 14.7 Å². The van der Waals surface area contributed by atoms with Crippen LogP contribution in [0.4, 0.5) is 0 Å². The molecule has 134 valence electrons. The van der Waals surface area contributed by atoms with Crippen LogP contribution in [0.1, 0.15) is 65.5 Å². The van der Waals surface area contributed by atoms with Crippen LogP contribution in [0.5, 0.6) is 0 Å². The maximum atomic E-state index is 13.4. The second-order valence-electron chi connectivity index (χ2n) is 7.13. The monoisotopic (exact) mass is 350 g/mol. The molecule has 0 spiro atoms. The van der Waals surface area contributed by atoms with Crippen molar-refractivity contribution in [3.8, 4) is 0 Å². The predicted molar refractivity (Wildman–Crippen MR) is 96.8 cm³/mol. The molecule has 4 rings (SSSR count). The normalized spacial score (nSPS) is 23.5. The number of hydrogen-bond donors (Lipinski definition) is 1. The van der Waals surface area contributed by atoms with E-state index in [2.05, 4.69) is 4.98 Å². The average molecular weight is 350 g/mol. The molecule has 26 heavy (non-hydrogen) atoms. The summed E-state index contributed by atoms with van der Waals surface area (Å²) in [6.07, 6.45) is 8.53. The molecule has 1 amide bonds. The second-order valence-corrected chi connectivity index (χ2v) is 7.13. The number of aromatic nitrogens is 1. The summed E-state index contributed by atoms with van der Waals surface area (Å²) >= 11 is 0. The summed E-state index contributed by atoms with van der Waals surface area (Å²) in [5.41, 5.74) is 1.97. The van der Waals surface area contributed by atoms with E-state index in [1.165, 1.54) is 6.42 Å². The van der Waals surface area contributed by atoms with E-state index in [1.807, 2.05) is 29.2 Å². The quantitative estimate of drug-likeness (QED) is 0.914. The molecule has 2 atom stereocenters. The highest BCUT2D eigenvalue weighted by molar-refractivity contribution is 6.00. The van der Waals surface area contributed by atoms with Crippen LogP contribution in [0.15, 0.2) is 48.8 Å². The van der Waals surface area contributed by atoms with E-state index >= 15 is 0 Å². The maximum absolute atomic E-state index is 13.4. The van der Waals surface area contributed by atoms with E-state index < -0.39 is 17.9 Å².